The predicted octanol–water partition coefficient (Wildman–Crippen LogP) is 2.40. The van der Waals surface area contributed by atoms with Gasteiger partial charge < -0.3 is 9.47 Å². The highest BCUT2D eigenvalue weighted by atomic mass is 16.2. The van der Waals surface area contributed by atoms with Crippen molar-refractivity contribution in [2.75, 3.05) is 13.6 Å². The summed E-state index contributed by atoms with van der Waals surface area (Å²) in [5.74, 6) is 1.60. The fourth-order valence-corrected chi connectivity index (χ4v) is 3.24. The van der Waals surface area contributed by atoms with Crippen LogP contribution in [0.1, 0.15) is 33.7 Å². The quantitative estimate of drug-likeness (QED) is 0.874. The van der Waals surface area contributed by atoms with Crippen molar-refractivity contribution in [3.63, 3.8) is 0 Å². The van der Waals surface area contributed by atoms with Crippen LogP contribution < -0.4 is 0 Å². The largest absolute Gasteiger partial charge is 0.341 e. The first-order chi connectivity index (χ1) is 11.1. The Morgan fingerprint density at radius 1 is 1.52 bits per heavy atom. The van der Waals surface area contributed by atoms with Crippen LogP contribution >= 0.6 is 0 Å². The van der Waals surface area contributed by atoms with Gasteiger partial charge in [-0.2, -0.15) is 5.26 Å². The minimum Gasteiger partial charge on any atom is -0.341 e. The molecular formula is C18H20N4O. The summed E-state index contributed by atoms with van der Waals surface area (Å²) in [4.78, 5) is 18.8. The summed E-state index contributed by atoms with van der Waals surface area (Å²) in [5.41, 5.74) is 2.11. The minimum absolute atomic E-state index is 0.0171. The number of nitriles is 1. The van der Waals surface area contributed by atoms with Crippen molar-refractivity contribution in [2.24, 2.45) is 5.92 Å². The third kappa shape index (κ3) is 3.11. The molecule has 5 nitrogen and oxygen atoms in total. The second kappa shape index (κ2) is 6.25. The maximum Gasteiger partial charge on any atom is 0.253 e. The number of imidazole rings is 1. The number of carbonyl (C=O) groups is 1. The zero-order valence-electron chi connectivity index (χ0n) is 13.5. The summed E-state index contributed by atoms with van der Waals surface area (Å²) in [6, 6.07) is 7.32. The molecule has 2 heterocycles. The topological polar surface area (TPSA) is 61.9 Å². The van der Waals surface area contributed by atoms with Crippen molar-refractivity contribution < 1.29 is 4.79 Å². The van der Waals surface area contributed by atoms with E-state index < -0.39 is 0 Å². The molecule has 3 rings (SSSR count). The molecule has 0 spiro atoms. The molecule has 1 amide bonds. The number of hydrogen-bond acceptors (Lipinski definition) is 3. The Hall–Kier alpha value is -2.61. The zero-order valence-corrected chi connectivity index (χ0v) is 13.5. The van der Waals surface area contributed by atoms with E-state index in [9.17, 15) is 4.79 Å². The molecule has 0 aliphatic carbocycles. The van der Waals surface area contributed by atoms with Crippen LogP contribution in [0.4, 0.5) is 0 Å². The third-order valence-electron chi connectivity index (χ3n) is 4.50. The number of nitrogens with zero attached hydrogens (tertiary/aromatic N) is 4. The van der Waals surface area contributed by atoms with Gasteiger partial charge in [0, 0.05) is 44.5 Å². The van der Waals surface area contributed by atoms with Gasteiger partial charge in [0.2, 0.25) is 0 Å². The van der Waals surface area contributed by atoms with Crippen molar-refractivity contribution in [1.82, 2.24) is 14.5 Å². The Bertz CT molecular complexity index is 772. The van der Waals surface area contributed by atoms with E-state index in [1.54, 1.807) is 23.1 Å². The van der Waals surface area contributed by atoms with Gasteiger partial charge in [-0.3, -0.25) is 4.79 Å². The molecule has 0 fully saturated rings. The fourth-order valence-electron chi connectivity index (χ4n) is 3.24. The Morgan fingerprint density at radius 2 is 2.35 bits per heavy atom. The molecule has 0 N–H and O–H groups in total. The average molecular weight is 308 g/mol. The molecule has 0 saturated carbocycles. The second-order valence-electron chi connectivity index (χ2n) is 6.23. The predicted molar refractivity (Wildman–Crippen MR) is 86.9 cm³/mol. The van der Waals surface area contributed by atoms with E-state index in [2.05, 4.69) is 15.6 Å². The van der Waals surface area contributed by atoms with E-state index in [0.717, 1.165) is 37.3 Å². The van der Waals surface area contributed by atoms with Crippen LogP contribution in [0, 0.1) is 24.2 Å². The van der Waals surface area contributed by atoms with Gasteiger partial charge in [-0.15, -0.1) is 0 Å². The van der Waals surface area contributed by atoms with Crippen LogP contribution in [0.15, 0.2) is 30.6 Å². The van der Waals surface area contributed by atoms with Gasteiger partial charge >= 0.3 is 0 Å². The summed E-state index contributed by atoms with van der Waals surface area (Å²) < 4.78 is 2.18. The van der Waals surface area contributed by atoms with Crippen LogP contribution in [0.25, 0.3) is 0 Å². The van der Waals surface area contributed by atoms with Gasteiger partial charge in [0.05, 0.1) is 11.6 Å². The van der Waals surface area contributed by atoms with E-state index in [4.69, 9.17) is 5.26 Å². The van der Waals surface area contributed by atoms with Gasteiger partial charge in [-0.05, 0) is 43.0 Å². The number of rotatable bonds is 3. The Morgan fingerprint density at radius 3 is 3.09 bits per heavy atom. The molecule has 1 aliphatic heterocycles. The van der Waals surface area contributed by atoms with Crippen molar-refractivity contribution >= 4 is 5.91 Å². The van der Waals surface area contributed by atoms with E-state index in [1.807, 2.05) is 26.4 Å². The maximum absolute atomic E-state index is 12.7. The molecule has 1 unspecified atom stereocenters. The van der Waals surface area contributed by atoms with E-state index in [-0.39, 0.29) is 5.91 Å². The van der Waals surface area contributed by atoms with Gasteiger partial charge in [0.1, 0.15) is 5.82 Å². The van der Waals surface area contributed by atoms with E-state index in [1.165, 1.54) is 0 Å². The van der Waals surface area contributed by atoms with Crippen molar-refractivity contribution in [1.29, 1.82) is 5.26 Å². The zero-order chi connectivity index (χ0) is 16.4. The van der Waals surface area contributed by atoms with Gasteiger partial charge in [-0.25, -0.2) is 4.98 Å². The van der Waals surface area contributed by atoms with Crippen LogP contribution in [0.3, 0.4) is 0 Å². The molecule has 0 saturated heterocycles. The first-order valence-electron chi connectivity index (χ1n) is 7.84. The molecule has 1 aromatic heterocycles. The number of fused-ring (bicyclic) bond motifs is 1. The first-order valence-corrected chi connectivity index (χ1v) is 7.84. The number of hydrogen-bond donors (Lipinski definition) is 0. The van der Waals surface area contributed by atoms with Gasteiger partial charge in [-0.1, -0.05) is 0 Å². The maximum atomic E-state index is 12.7. The lowest BCUT2D eigenvalue weighted by atomic mass is 9.98. The highest BCUT2D eigenvalue weighted by Crippen LogP contribution is 2.20. The SMILES string of the molecule is Cc1cc(C#N)ccc1C(=O)N(C)CC1CCc2nccn2C1. The minimum atomic E-state index is 0.0171. The Labute approximate surface area is 136 Å². The molecule has 118 valence electrons. The first kappa shape index (κ1) is 15.3. The van der Waals surface area contributed by atoms with Gasteiger partial charge in [0.15, 0.2) is 0 Å². The summed E-state index contributed by atoms with van der Waals surface area (Å²) in [7, 11) is 1.85. The highest BCUT2D eigenvalue weighted by Gasteiger charge is 2.23. The third-order valence-corrected chi connectivity index (χ3v) is 4.50. The summed E-state index contributed by atoms with van der Waals surface area (Å²) in [6.45, 7) is 3.52. The standard InChI is InChI=1S/C18H20N4O/c1-13-9-14(10-19)3-5-16(13)18(23)21(2)11-15-4-6-17-20-7-8-22(17)12-15/h3,5,7-9,15H,4,6,11-12H2,1-2H3. The molecule has 1 aromatic carbocycles. The van der Waals surface area contributed by atoms with Crippen LogP contribution in [-0.2, 0) is 13.0 Å². The smallest absolute Gasteiger partial charge is 0.253 e. The van der Waals surface area contributed by atoms with E-state index >= 15 is 0 Å². The lowest BCUT2D eigenvalue weighted by Crippen LogP contribution is -2.35. The van der Waals surface area contributed by atoms with Gasteiger partial charge in [0.25, 0.3) is 5.91 Å². The second-order valence-corrected chi connectivity index (χ2v) is 6.23. The molecule has 0 bridgehead atoms. The average Bonchev–Trinajstić information content (AvgIpc) is 3.01. The molecule has 1 aliphatic rings. The number of amides is 1. The molecule has 1 atom stereocenters. The molecule has 0 radical (unpaired) electrons. The fraction of sp³-hybridized carbons (Fsp3) is 0.389. The summed E-state index contributed by atoms with van der Waals surface area (Å²) in [5, 5.41) is 8.93. The summed E-state index contributed by atoms with van der Waals surface area (Å²) >= 11 is 0. The van der Waals surface area contributed by atoms with Crippen molar-refractivity contribution in [3.8, 4) is 6.07 Å². The number of aryl methyl sites for hydroxylation is 2. The number of aromatic nitrogens is 2. The molecule has 23 heavy (non-hydrogen) atoms. The highest BCUT2D eigenvalue weighted by molar-refractivity contribution is 5.95. The lowest BCUT2D eigenvalue weighted by Gasteiger charge is -2.28. The van der Waals surface area contributed by atoms with Crippen LogP contribution in [0.2, 0.25) is 0 Å². The molecular weight excluding hydrogens is 288 g/mol. The van der Waals surface area contributed by atoms with Crippen LogP contribution in [-0.4, -0.2) is 34.0 Å². The molecule has 5 heteroatoms. The lowest BCUT2D eigenvalue weighted by molar-refractivity contribution is 0.0760. The summed E-state index contributed by atoms with van der Waals surface area (Å²) in [6.07, 6.45) is 5.87. The normalized spacial score (nSPS) is 16.5. The van der Waals surface area contributed by atoms with Crippen molar-refractivity contribution in [3.05, 3.63) is 53.1 Å². The van der Waals surface area contributed by atoms with E-state index in [0.29, 0.717) is 17.0 Å². The number of benzene rings is 1. The number of carbonyl (C=O) groups excluding carboxylic acids is 1. The van der Waals surface area contributed by atoms with Crippen molar-refractivity contribution in [2.45, 2.75) is 26.3 Å². The Kier molecular flexibility index (Phi) is 4.16. The molecule has 2 aromatic rings. The monoisotopic (exact) mass is 308 g/mol. The van der Waals surface area contributed by atoms with Crippen LogP contribution in [0.5, 0.6) is 0 Å². The Balaban J connectivity index is 1.68.